The Morgan fingerprint density at radius 2 is 1.07 bits per heavy atom. The fraction of sp³-hybridized carbons (Fsp3) is 0.308. The lowest BCUT2D eigenvalue weighted by molar-refractivity contribution is 0.589. The van der Waals surface area contributed by atoms with E-state index in [4.69, 9.17) is 11.5 Å². The van der Waals surface area contributed by atoms with Gasteiger partial charge in [0.1, 0.15) is 0 Å². The van der Waals surface area contributed by atoms with Crippen LogP contribution in [0.5, 0.6) is 0 Å². The van der Waals surface area contributed by atoms with Gasteiger partial charge in [0.2, 0.25) is 0 Å². The summed E-state index contributed by atoms with van der Waals surface area (Å²) < 4.78 is 0. The molecule has 3 aromatic carbocycles. The van der Waals surface area contributed by atoms with Gasteiger partial charge in [-0.25, -0.2) is 0 Å². The maximum atomic E-state index is 5.94. The highest BCUT2D eigenvalue weighted by molar-refractivity contribution is 5.56. The fourth-order valence-corrected chi connectivity index (χ4v) is 4.40. The van der Waals surface area contributed by atoms with Gasteiger partial charge in [-0.3, -0.25) is 0 Å². The van der Waals surface area contributed by atoms with Crippen molar-refractivity contribution >= 4 is 17.1 Å². The third-order valence-corrected chi connectivity index (χ3v) is 6.06. The first-order valence-corrected chi connectivity index (χ1v) is 10.4. The summed E-state index contributed by atoms with van der Waals surface area (Å²) in [5, 5.41) is 0. The summed E-state index contributed by atoms with van der Waals surface area (Å²) >= 11 is 0. The van der Waals surface area contributed by atoms with Crippen LogP contribution in [0, 0.1) is 0 Å². The zero-order valence-corrected chi connectivity index (χ0v) is 17.6. The van der Waals surface area contributed by atoms with Gasteiger partial charge in [-0.15, -0.1) is 0 Å². The van der Waals surface area contributed by atoms with Crippen molar-refractivity contribution in [2.24, 2.45) is 0 Å². The van der Waals surface area contributed by atoms with Gasteiger partial charge in [0.15, 0.2) is 0 Å². The predicted molar refractivity (Wildman–Crippen MR) is 124 cm³/mol. The van der Waals surface area contributed by atoms with E-state index in [1.54, 1.807) is 0 Å². The van der Waals surface area contributed by atoms with Crippen molar-refractivity contribution in [3.05, 3.63) is 89.5 Å². The molecule has 0 bridgehead atoms. The lowest BCUT2D eigenvalue weighted by Gasteiger charge is -2.34. The Hall–Kier alpha value is -2.94. The number of anilines is 3. The highest BCUT2D eigenvalue weighted by Crippen LogP contribution is 2.47. The van der Waals surface area contributed by atoms with Crippen LogP contribution in [0.2, 0.25) is 0 Å². The molecule has 3 nitrogen and oxygen atoms in total. The van der Waals surface area contributed by atoms with Crippen molar-refractivity contribution in [3.8, 4) is 0 Å². The second kappa shape index (κ2) is 7.47. The van der Waals surface area contributed by atoms with Crippen LogP contribution >= 0.6 is 0 Å². The van der Waals surface area contributed by atoms with Gasteiger partial charge in [0, 0.05) is 17.1 Å². The smallest absolute Gasteiger partial charge is 0.0549 e. The third-order valence-electron chi connectivity index (χ3n) is 6.06. The summed E-state index contributed by atoms with van der Waals surface area (Å²) in [7, 11) is 0. The van der Waals surface area contributed by atoms with Gasteiger partial charge >= 0.3 is 0 Å². The van der Waals surface area contributed by atoms with E-state index in [2.05, 4.69) is 74.2 Å². The summed E-state index contributed by atoms with van der Waals surface area (Å²) in [6, 6.07) is 26.5. The molecule has 3 aromatic rings. The molecule has 150 valence electrons. The van der Waals surface area contributed by atoms with Gasteiger partial charge < -0.3 is 16.4 Å². The Bertz CT molecular complexity index is 897. The van der Waals surface area contributed by atoms with Crippen molar-refractivity contribution < 1.29 is 0 Å². The SMILES string of the molecule is CC(C)(C)c1ccc(N2C(c3ccc(N)cc3)CCC2c2ccc(N)cc2)cc1. The van der Waals surface area contributed by atoms with E-state index in [0.717, 1.165) is 24.2 Å². The second-order valence-corrected chi connectivity index (χ2v) is 9.15. The average Bonchev–Trinajstić information content (AvgIpc) is 3.13. The van der Waals surface area contributed by atoms with E-state index in [0.29, 0.717) is 12.1 Å². The maximum absolute atomic E-state index is 5.94. The number of nitrogens with two attached hydrogens (primary N) is 2. The van der Waals surface area contributed by atoms with E-state index in [9.17, 15) is 0 Å². The standard InChI is InChI=1S/C26H31N3/c1-26(2,3)20-8-14-23(15-9-20)29-24(18-4-10-21(27)11-5-18)16-17-25(29)19-6-12-22(28)13-7-19/h4-15,24-25H,16-17,27-28H2,1-3H3. The molecule has 0 spiro atoms. The summed E-state index contributed by atoms with van der Waals surface area (Å²) in [5.74, 6) is 0. The minimum Gasteiger partial charge on any atom is -0.399 e. The van der Waals surface area contributed by atoms with E-state index in [1.807, 2.05) is 24.3 Å². The molecule has 29 heavy (non-hydrogen) atoms. The molecule has 4 rings (SSSR count). The molecule has 2 unspecified atom stereocenters. The van der Waals surface area contributed by atoms with Crippen LogP contribution in [0.3, 0.4) is 0 Å². The second-order valence-electron chi connectivity index (χ2n) is 9.15. The first kappa shape index (κ1) is 19.4. The number of hydrogen-bond acceptors (Lipinski definition) is 3. The average molecular weight is 386 g/mol. The van der Waals surface area contributed by atoms with Gasteiger partial charge in [-0.05, 0) is 71.3 Å². The quantitative estimate of drug-likeness (QED) is 0.525. The molecule has 0 aliphatic carbocycles. The van der Waals surface area contributed by atoms with E-state index >= 15 is 0 Å². The molecule has 0 amide bonds. The van der Waals surface area contributed by atoms with Gasteiger partial charge in [0.05, 0.1) is 12.1 Å². The summed E-state index contributed by atoms with van der Waals surface area (Å²) in [6.07, 6.45) is 2.22. The molecule has 1 aliphatic rings. The number of rotatable bonds is 3. The highest BCUT2D eigenvalue weighted by Gasteiger charge is 2.35. The number of hydrogen-bond donors (Lipinski definition) is 2. The van der Waals surface area contributed by atoms with Crippen LogP contribution in [0.1, 0.15) is 62.4 Å². The van der Waals surface area contributed by atoms with Crippen LogP contribution < -0.4 is 16.4 Å². The minimum atomic E-state index is 0.149. The summed E-state index contributed by atoms with van der Waals surface area (Å²) in [6.45, 7) is 6.77. The van der Waals surface area contributed by atoms with Crippen molar-refractivity contribution in [1.82, 2.24) is 0 Å². The van der Waals surface area contributed by atoms with Crippen molar-refractivity contribution in [2.75, 3.05) is 16.4 Å². The Labute approximate surface area is 174 Å². The van der Waals surface area contributed by atoms with Gasteiger partial charge in [0.25, 0.3) is 0 Å². The highest BCUT2D eigenvalue weighted by atomic mass is 15.2. The third kappa shape index (κ3) is 3.95. The van der Waals surface area contributed by atoms with Gasteiger partial charge in [-0.1, -0.05) is 57.2 Å². The molecule has 1 aliphatic heterocycles. The maximum Gasteiger partial charge on any atom is 0.0549 e. The molecule has 1 saturated heterocycles. The van der Waals surface area contributed by atoms with Crippen molar-refractivity contribution in [3.63, 3.8) is 0 Å². The minimum absolute atomic E-state index is 0.149. The largest absolute Gasteiger partial charge is 0.399 e. The normalized spacial score (nSPS) is 19.5. The first-order chi connectivity index (χ1) is 13.8. The Balaban J connectivity index is 1.74. The van der Waals surface area contributed by atoms with Crippen molar-refractivity contribution in [2.45, 2.75) is 51.1 Å². The molecule has 1 fully saturated rings. The predicted octanol–water partition coefficient (Wildman–Crippen LogP) is 6.23. The van der Waals surface area contributed by atoms with Crippen LogP contribution in [0.4, 0.5) is 17.1 Å². The Morgan fingerprint density at radius 1 is 0.655 bits per heavy atom. The van der Waals surface area contributed by atoms with Crippen LogP contribution in [0.15, 0.2) is 72.8 Å². The molecular weight excluding hydrogens is 354 g/mol. The molecule has 2 atom stereocenters. The molecule has 0 aromatic heterocycles. The number of nitrogens with zero attached hydrogens (tertiary/aromatic N) is 1. The summed E-state index contributed by atoms with van der Waals surface area (Å²) in [4.78, 5) is 2.57. The first-order valence-electron chi connectivity index (χ1n) is 10.4. The topological polar surface area (TPSA) is 55.3 Å². The monoisotopic (exact) mass is 385 g/mol. The molecule has 0 saturated carbocycles. The van der Waals surface area contributed by atoms with Crippen molar-refractivity contribution in [1.29, 1.82) is 0 Å². The Kier molecular flexibility index (Phi) is 4.99. The lowest BCUT2D eigenvalue weighted by Crippen LogP contribution is -2.26. The van der Waals surface area contributed by atoms with E-state index < -0.39 is 0 Å². The molecule has 0 radical (unpaired) electrons. The molecule has 3 heteroatoms. The van der Waals surface area contributed by atoms with Gasteiger partial charge in [-0.2, -0.15) is 0 Å². The van der Waals surface area contributed by atoms with Crippen LogP contribution in [0.25, 0.3) is 0 Å². The lowest BCUT2D eigenvalue weighted by atomic mass is 9.87. The number of benzene rings is 3. The summed E-state index contributed by atoms with van der Waals surface area (Å²) in [5.41, 5.74) is 18.9. The van der Waals surface area contributed by atoms with Crippen LogP contribution in [-0.2, 0) is 5.41 Å². The molecule has 4 N–H and O–H groups in total. The number of nitrogen functional groups attached to an aromatic ring is 2. The molecule has 1 heterocycles. The van der Waals surface area contributed by atoms with E-state index in [1.165, 1.54) is 22.4 Å². The zero-order valence-electron chi connectivity index (χ0n) is 17.6. The van der Waals surface area contributed by atoms with E-state index in [-0.39, 0.29) is 5.41 Å². The van der Waals surface area contributed by atoms with Crippen LogP contribution in [-0.4, -0.2) is 0 Å². The fourth-order valence-electron chi connectivity index (χ4n) is 4.40. The molecular formula is C26H31N3. The Morgan fingerprint density at radius 3 is 1.45 bits per heavy atom. The zero-order chi connectivity index (χ0) is 20.6.